The molecule has 1 aromatic rings. The molecular weight excluding hydrogens is 925 g/mol. The van der Waals surface area contributed by atoms with Gasteiger partial charge < -0.3 is 27.8 Å². The predicted molar refractivity (Wildman–Crippen MR) is 295 cm³/mol. The molecule has 1 fully saturated rings. The van der Waals surface area contributed by atoms with Gasteiger partial charge in [-0.2, -0.15) is 9.36 Å². The summed E-state index contributed by atoms with van der Waals surface area (Å²) in [5.74, 6) is -1.27. The van der Waals surface area contributed by atoms with Crippen LogP contribution in [-0.2, 0) is 45.4 Å². The average molecular weight is 1030 g/mol. The fraction of sp³-hybridized carbons (Fsp3) is 0.828. The molecule has 71 heavy (non-hydrogen) atoms. The Hall–Kier alpha value is -2.43. The Labute approximate surface area is 435 Å². The van der Waals surface area contributed by atoms with Gasteiger partial charge in [0.1, 0.15) is 29.6 Å². The number of nitrogens with zero attached hydrogens (tertiary/aromatic N) is 1. The van der Waals surface area contributed by atoms with Gasteiger partial charge in [0.2, 0.25) is 8.32 Å². The molecule has 408 valence electrons. The number of aromatic nitrogens is 2. The van der Waals surface area contributed by atoms with Crippen LogP contribution in [0.2, 0.25) is 34.8 Å². The predicted octanol–water partition coefficient (Wildman–Crippen LogP) is 14.7. The van der Waals surface area contributed by atoms with Gasteiger partial charge in [-0.15, -0.1) is 0 Å². The molecule has 3 rings (SSSR count). The molecule has 3 atom stereocenters. The Kier molecular flexibility index (Phi) is 27.9. The van der Waals surface area contributed by atoms with Crippen molar-refractivity contribution in [3.8, 4) is 0 Å². The second-order valence-electron chi connectivity index (χ2n) is 23.5. The van der Waals surface area contributed by atoms with Crippen molar-refractivity contribution >= 4 is 28.6 Å². The first-order valence-corrected chi connectivity index (χ1v) is 33.6. The fourth-order valence-electron chi connectivity index (χ4n) is 11.1. The fourth-order valence-corrected chi connectivity index (χ4v) is 18.2. The van der Waals surface area contributed by atoms with Crippen LogP contribution in [0.4, 0.5) is 0 Å². The van der Waals surface area contributed by atoms with E-state index < -0.39 is 22.4 Å². The van der Waals surface area contributed by atoms with Gasteiger partial charge in [0, 0.05) is 38.2 Å². The molecule has 1 saturated heterocycles. The molecule has 0 bridgehead atoms. The summed E-state index contributed by atoms with van der Waals surface area (Å²) in [6, 6.07) is -0.174. The highest BCUT2D eigenvalue weighted by Crippen LogP contribution is 2.44. The summed E-state index contributed by atoms with van der Waals surface area (Å²) in [7, 11) is -3.97. The van der Waals surface area contributed by atoms with E-state index in [0.29, 0.717) is 86.4 Å². The van der Waals surface area contributed by atoms with Crippen LogP contribution in [0.15, 0.2) is 29.6 Å². The van der Waals surface area contributed by atoms with Crippen molar-refractivity contribution in [2.75, 3.05) is 26.4 Å². The Bertz CT molecular complexity index is 1790. The van der Waals surface area contributed by atoms with Crippen LogP contribution in [-0.4, -0.2) is 78.0 Å². The maximum Gasteiger partial charge on any atom is 0.496 e. The first kappa shape index (κ1) is 62.9. The van der Waals surface area contributed by atoms with E-state index in [4.69, 9.17) is 27.8 Å². The minimum atomic E-state index is -2.03. The summed E-state index contributed by atoms with van der Waals surface area (Å²) < 4.78 is 39.6. The van der Waals surface area contributed by atoms with Crippen LogP contribution in [0.1, 0.15) is 239 Å². The van der Waals surface area contributed by atoms with Gasteiger partial charge in [-0.05, 0) is 86.6 Å². The molecule has 2 aliphatic heterocycles. The third-order valence-electron chi connectivity index (χ3n) is 16.0. The number of carbonyl (C=O) groups excluding carboxylic acids is 2. The second-order valence-corrected chi connectivity index (χ2v) is 33.7. The van der Waals surface area contributed by atoms with Gasteiger partial charge in [-0.3, -0.25) is 4.79 Å². The van der Waals surface area contributed by atoms with E-state index in [1.54, 1.807) is 6.08 Å². The Morgan fingerprint density at radius 1 is 0.831 bits per heavy atom. The van der Waals surface area contributed by atoms with Crippen molar-refractivity contribution in [2.45, 2.75) is 283 Å². The largest absolute Gasteiger partial charge is 0.496 e. The van der Waals surface area contributed by atoms with Crippen molar-refractivity contribution in [2.24, 2.45) is 0 Å². The van der Waals surface area contributed by atoms with Gasteiger partial charge in [-0.1, -0.05) is 165 Å². The van der Waals surface area contributed by atoms with Crippen LogP contribution >= 0.6 is 0 Å². The lowest BCUT2D eigenvalue weighted by Crippen LogP contribution is -2.57. The number of nitrogens with one attached hydrogen (secondary N) is 1. The second kappa shape index (κ2) is 31.5. The molecule has 0 aromatic carbocycles. The third kappa shape index (κ3) is 20.0. The molecule has 0 saturated carbocycles. The zero-order valence-corrected chi connectivity index (χ0v) is 49.6. The number of rotatable bonds is 37. The number of fused-ring (bicyclic) bond motifs is 1. The molecule has 0 unspecified atom stereocenters. The molecule has 2 aliphatic rings. The van der Waals surface area contributed by atoms with Crippen molar-refractivity contribution in [1.82, 2.24) is 4.98 Å². The van der Waals surface area contributed by atoms with Gasteiger partial charge in [0.15, 0.2) is 14.1 Å². The van der Waals surface area contributed by atoms with Crippen molar-refractivity contribution < 1.29 is 42.0 Å². The highest BCUT2D eigenvalue weighted by molar-refractivity contribution is 6.77. The number of hydrogen-bond donors (Lipinski definition) is 1. The molecule has 0 spiro atoms. The van der Waals surface area contributed by atoms with E-state index in [0.717, 1.165) is 69.9 Å². The number of aryl methyl sites for hydroxylation is 1. The molecular formula is C58H105N2O9Si2+. The normalized spacial score (nSPS) is 17.2. The Balaban J connectivity index is 1.62. The maximum absolute atomic E-state index is 14.2. The summed E-state index contributed by atoms with van der Waals surface area (Å²) in [5, 5.41) is 0.116. The van der Waals surface area contributed by atoms with Crippen LogP contribution in [0.5, 0.6) is 0 Å². The smallest absolute Gasteiger partial charge is 0.462 e. The van der Waals surface area contributed by atoms with Crippen molar-refractivity contribution in [3.63, 3.8) is 0 Å². The van der Waals surface area contributed by atoms with E-state index in [-0.39, 0.29) is 40.9 Å². The number of carbonyl (C=O) groups is 2. The highest BCUT2D eigenvalue weighted by atomic mass is 28.4. The van der Waals surface area contributed by atoms with Gasteiger partial charge in [0.25, 0.3) is 0 Å². The van der Waals surface area contributed by atoms with Crippen LogP contribution in [0.25, 0.3) is 0 Å². The number of allylic oxidation sites excluding steroid dienone is 1. The summed E-state index contributed by atoms with van der Waals surface area (Å²) >= 11 is 0. The number of esters is 2. The minimum absolute atomic E-state index is 0.0687. The molecule has 3 heterocycles. The van der Waals surface area contributed by atoms with Crippen LogP contribution in [0, 0.1) is 0 Å². The number of aromatic amines is 1. The van der Waals surface area contributed by atoms with Gasteiger partial charge in [0.05, 0.1) is 25.9 Å². The lowest BCUT2D eigenvalue weighted by molar-refractivity contribution is -0.736. The zero-order valence-electron chi connectivity index (χ0n) is 47.6. The first-order chi connectivity index (χ1) is 33.6. The number of H-pyrrole nitrogens is 1. The molecule has 0 aliphatic carbocycles. The summed E-state index contributed by atoms with van der Waals surface area (Å²) in [6.45, 7) is 35.0. The first-order valence-electron chi connectivity index (χ1n) is 28.6. The van der Waals surface area contributed by atoms with Gasteiger partial charge in [-0.25, -0.2) is 9.78 Å². The number of hydrogen-bond acceptors (Lipinski definition) is 9. The lowest BCUT2D eigenvalue weighted by atomic mass is 9.99. The Morgan fingerprint density at radius 2 is 1.39 bits per heavy atom. The number of ether oxygens (including phenoxy) is 4. The average Bonchev–Trinajstić information content (AvgIpc) is 3.94. The molecule has 11 nitrogen and oxygen atoms in total. The zero-order chi connectivity index (χ0) is 52.7. The molecule has 0 amide bonds. The van der Waals surface area contributed by atoms with E-state index in [1.165, 1.54) is 51.4 Å². The standard InChI is InChI=1S/C58H104N2O9Si2/c1-15-40-64-53(61)36-28-26-24-22-20-18-17-19-21-23-25-27-31-41-65-55(62)54-51(35-32-33-48(9)68-70(13,14)57(10,11)12)59-56(63)60-49(37-38-52(54)60)44-58(66-42-43-67-58)39-30-29-34-50(16-2)69-71(45(3)4,46(5)6)47(7)8/h15,29,34,45-50H,1,16-28,30-33,35-44H2,2-14H3/p+1/t48-,49+,50+/m1/s1. The number of unbranched alkanes of at least 4 members (excludes halogenated alkanes) is 12. The van der Waals surface area contributed by atoms with Crippen LogP contribution in [0.3, 0.4) is 0 Å². The Morgan fingerprint density at radius 3 is 1.93 bits per heavy atom. The topological polar surface area (TPSA) is 126 Å². The van der Waals surface area contributed by atoms with Crippen molar-refractivity contribution in [3.05, 3.63) is 52.2 Å². The lowest BCUT2D eigenvalue weighted by Gasteiger charge is -2.44. The van der Waals surface area contributed by atoms with E-state index in [9.17, 15) is 14.4 Å². The van der Waals surface area contributed by atoms with Crippen LogP contribution < -0.4 is 10.3 Å². The quantitative estimate of drug-likeness (QED) is 0.0228. The van der Waals surface area contributed by atoms with E-state index >= 15 is 0 Å². The summed E-state index contributed by atoms with van der Waals surface area (Å²) in [5.41, 5.74) is 3.36. The monoisotopic (exact) mass is 1030 g/mol. The summed E-state index contributed by atoms with van der Waals surface area (Å²) in [4.78, 5) is 43.2. The molecule has 0 radical (unpaired) electrons. The van der Waals surface area contributed by atoms with E-state index in [2.05, 4.69) is 113 Å². The maximum atomic E-state index is 14.2. The van der Waals surface area contributed by atoms with Gasteiger partial charge >= 0.3 is 17.6 Å². The third-order valence-corrected chi connectivity index (χ3v) is 26.7. The minimum Gasteiger partial charge on any atom is -0.462 e. The van der Waals surface area contributed by atoms with E-state index in [1.807, 2.05) is 4.57 Å². The molecule has 1 aromatic heterocycles. The summed E-state index contributed by atoms with van der Waals surface area (Å²) in [6.07, 6.45) is 28.0. The molecule has 1 N–H and O–H groups in total. The highest BCUT2D eigenvalue weighted by Gasteiger charge is 2.47. The van der Waals surface area contributed by atoms with Crippen molar-refractivity contribution in [1.29, 1.82) is 0 Å². The molecule has 13 heteroatoms. The SMILES string of the molecule is C=CCOC(=O)CCCCCCCCCCCCCCCOC(=O)c1c(CCC[C@@H](C)O[Si](C)(C)C(C)(C)C)[nH]c(=O)[n+]2c1CC[C@H]2CC1(CCC=C[C@H](CC)O[Si](C(C)C)(C(C)C)C(C)C)OCCO1.